The molecule has 3 heterocycles. The largest absolute Gasteiger partial charge is 0.362 e. The van der Waals surface area contributed by atoms with E-state index in [0.717, 1.165) is 24.2 Å². The monoisotopic (exact) mass is 567 g/mol. The van der Waals surface area contributed by atoms with Crippen molar-refractivity contribution in [2.45, 2.75) is 148 Å². The number of hydrogen-bond donors (Lipinski definition) is 3. The maximum absolute atomic E-state index is 4.13. The minimum Gasteiger partial charge on any atom is -0.362 e. The van der Waals surface area contributed by atoms with Crippen LogP contribution in [0.4, 0.5) is 0 Å². The number of nitrogens with one attached hydrogen (secondary N) is 3. The fourth-order valence-corrected chi connectivity index (χ4v) is 5.18. The minimum atomic E-state index is 0.152. The molecule has 2 aliphatic rings. The van der Waals surface area contributed by atoms with E-state index in [-0.39, 0.29) is 32.5 Å². The van der Waals surface area contributed by atoms with Crippen LogP contribution in [0.2, 0.25) is 0 Å². The number of rotatable bonds is 0. The molecule has 0 fully saturated rings. The van der Waals surface area contributed by atoms with Gasteiger partial charge in [0, 0.05) is 57.6 Å². The number of aromatic nitrogens is 2. The number of allylic oxidation sites excluding steroid dienone is 4. The molecule has 0 saturated carbocycles. The molecular formula is C37H66N4. The number of nitrogens with zero attached hydrogens (tertiary/aromatic N) is 1. The van der Waals surface area contributed by atoms with E-state index in [0.29, 0.717) is 0 Å². The van der Waals surface area contributed by atoms with Gasteiger partial charge in [0.2, 0.25) is 0 Å². The van der Waals surface area contributed by atoms with Crippen LogP contribution in [0.25, 0.3) is 0 Å². The first kappa shape index (κ1) is 36.8. The normalized spacial score (nSPS) is 17.1. The Bertz CT molecular complexity index is 996. The summed E-state index contributed by atoms with van der Waals surface area (Å²) >= 11 is 0. The second-order valence-corrected chi connectivity index (χ2v) is 18.2. The van der Waals surface area contributed by atoms with Crippen molar-refractivity contribution in [1.82, 2.24) is 20.8 Å². The molecule has 1 aromatic heterocycles. The number of H-pyrrole nitrogens is 1. The van der Waals surface area contributed by atoms with Gasteiger partial charge in [0.15, 0.2) is 0 Å². The van der Waals surface area contributed by atoms with Crippen molar-refractivity contribution in [2.24, 2.45) is 21.7 Å². The average molecular weight is 567 g/mol. The van der Waals surface area contributed by atoms with Crippen molar-refractivity contribution in [3.63, 3.8) is 0 Å². The van der Waals surface area contributed by atoms with E-state index >= 15 is 0 Å². The highest BCUT2D eigenvalue weighted by Crippen LogP contribution is 2.43. The van der Waals surface area contributed by atoms with Crippen LogP contribution in [0.15, 0.2) is 53.3 Å². The Hall–Kier alpha value is -2.23. The zero-order valence-corrected chi connectivity index (χ0v) is 30.4. The van der Waals surface area contributed by atoms with Crippen LogP contribution in [0.3, 0.4) is 0 Å². The van der Waals surface area contributed by atoms with Gasteiger partial charge in [-0.3, -0.25) is 5.10 Å². The Morgan fingerprint density at radius 1 is 0.512 bits per heavy atom. The van der Waals surface area contributed by atoms with E-state index in [1.165, 1.54) is 33.8 Å². The second kappa shape index (κ2) is 12.2. The standard InChI is InChI=1S/2C13H23N.C11H20N2/c2*1-9-8-10(12(2,3)4)11(14-9)13(5,6)7;1-10(2,3)8-7-12-13-9(8)11(4,5)6/h2*14H,1,8H2,2-7H3;7H,1-6H3,(H,12,13). The van der Waals surface area contributed by atoms with Crippen molar-refractivity contribution in [3.05, 3.63) is 64.5 Å². The molecule has 0 amide bonds. The van der Waals surface area contributed by atoms with Crippen molar-refractivity contribution in [2.75, 3.05) is 0 Å². The van der Waals surface area contributed by atoms with Crippen LogP contribution in [0.1, 0.15) is 149 Å². The lowest BCUT2D eigenvalue weighted by molar-refractivity contribution is 0.437. The van der Waals surface area contributed by atoms with Crippen molar-refractivity contribution in [1.29, 1.82) is 0 Å². The first-order valence-electron chi connectivity index (χ1n) is 15.4. The van der Waals surface area contributed by atoms with Gasteiger partial charge in [-0.25, -0.2) is 0 Å². The molecule has 0 radical (unpaired) electrons. The molecule has 4 nitrogen and oxygen atoms in total. The highest BCUT2D eigenvalue weighted by molar-refractivity contribution is 5.36. The van der Waals surface area contributed by atoms with Crippen molar-refractivity contribution < 1.29 is 0 Å². The molecule has 1 aromatic rings. The molecule has 3 N–H and O–H groups in total. The van der Waals surface area contributed by atoms with Crippen LogP contribution in [0, 0.1) is 21.7 Å². The Balaban J connectivity index is 0.000000308. The SMILES string of the molecule is C=C1CC(C(C)(C)C)=C(C(C)(C)C)N1.C=C1CC(C(C)(C)C)=C(C(C)(C)C)N1.CC(C)(C)c1cn[nH]c1C(C)(C)C. The van der Waals surface area contributed by atoms with Gasteiger partial charge in [0.25, 0.3) is 0 Å². The molecule has 0 saturated heterocycles. The van der Waals surface area contributed by atoms with Gasteiger partial charge in [-0.15, -0.1) is 0 Å². The van der Waals surface area contributed by atoms with Gasteiger partial charge < -0.3 is 10.6 Å². The third kappa shape index (κ3) is 10.5. The Morgan fingerprint density at radius 2 is 0.854 bits per heavy atom. The Labute approximate surface area is 255 Å². The highest BCUT2D eigenvalue weighted by Gasteiger charge is 2.33. The number of hydrogen-bond acceptors (Lipinski definition) is 3. The van der Waals surface area contributed by atoms with Crippen LogP contribution in [-0.2, 0) is 10.8 Å². The summed E-state index contributed by atoms with van der Waals surface area (Å²) < 4.78 is 0. The molecular weight excluding hydrogens is 500 g/mol. The third-order valence-corrected chi connectivity index (χ3v) is 7.50. The van der Waals surface area contributed by atoms with Gasteiger partial charge in [-0.2, -0.15) is 5.10 Å². The highest BCUT2D eigenvalue weighted by atomic mass is 15.1. The van der Waals surface area contributed by atoms with Crippen LogP contribution < -0.4 is 10.6 Å². The summed E-state index contributed by atoms with van der Waals surface area (Å²) in [6.45, 7) is 48.4. The summed E-state index contributed by atoms with van der Waals surface area (Å²) in [6.07, 6.45) is 3.97. The van der Waals surface area contributed by atoms with E-state index < -0.39 is 0 Å². The summed E-state index contributed by atoms with van der Waals surface area (Å²) in [7, 11) is 0. The Morgan fingerprint density at radius 3 is 1.05 bits per heavy atom. The van der Waals surface area contributed by atoms with E-state index in [2.05, 4.69) is 159 Å². The minimum absolute atomic E-state index is 0.152. The molecule has 41 heavy (non-hydrogen) atoms. The third-order valence-electron chi connectivity index (χ3n) is 7.50. The lowest BCUT2D eigenvalue weighted by Crippen LogP contribution is -2.22. The van der Waals surface area contributed by atoms with E-state index in [4.69, 9.17) is 0 Å². The molecule has 3 rings (SSSR count). The van der Waals surface area contributed by atoms with E-state index in [9.17, 15) is 0 Å². The van der Waals surface area contributed by atoms with E-state index in [1.807, 2.05) is 6.20 Å². The first-order valence-corrected chi connectivity index (χ1v) is 15.4. The molecule has 234 valence electrons. The van der Waals surface area contributed by atoms with Gasteiger partial charge in [-0.05, 0) is 33.0 Å². The maximum atomic E-state index is 4.13. The molecule has 2 aliphatic heterocycles. The zero-order chi connectivity index (χ0) is 32.6. The fraction of sp³-hybridized carbons (Fsp3) is 0.703. The van der Waals surface area contributed by atoms with Gasteiger partial charge >= 0.3 is 0 Å². The van der Waals surface area contributed by atoms with Crippen molar-refractivity contribution >= 4 is 0 Å². The van der Waals surface area contributed by atoms with Crippen LogP contribution in [-0.4, -0.2) is 10.2 Å². The summed E-state index contributed by atoms with van der Waals surface area (Å²) in [5.74, 6) is 0. The zero-order valence-electron chi connectivity index (χ0n) is 30.4. The predicted molar refractivity (Wildman–Crippen MR) is 182 cm³/mol. The molecule has 0 bridgehead atoms. The predicted octanol–water partition coefficient (Wildman–Crippen LogP) is 10.7. The fourth-order valence-electron chi connectivity index (χ4n) is 5.18. The smallest absolute Gasteiger partial charge is 0.0527 e. The average Bonchev–Trinajstić information content (AvgIpc) is 3.43. The molecule has 4 heteroatoms. The van der Waals surface area contributed by atoms with Gasteiger partial charge in [0.1, 0.15) is 0 Å². The lowest BCUT2D eigenvalue weighted by Gasteiger charge is -2.28. The molecule has 0 unspecified atom stereocenters. The van der Waals surface area contributed by atoms with Crippen molar-refractivity contribution in [3.8, 4) is 0 Å². The second-order valence-electron chi connectivity index (χ2n) is 18.2. The summed E-state index contributed by atoms with van der Waals surface area (Å²) in [6, 6.07) is 0. The maximum Gasteiger partial charge on any atom is 0.0527 e. The van der Waals surface area contributed by atoms with Crippen LogP contribution in [0.5, 0.6) is 0 Å². The lowest BCUT2D eigenvalue weighted by atomic mass is 9.79. The summed E-state index contributed by atoms with van der Waals surface area (Å²) in [4.78, 5) is 0. The molecule has 0 aliphatic carbocycles. The Kier molecular flexibility index (Phi) is 10.9. The van der Waals surface area contributed by atoms with Gasteiger partial charge in [0.05, 0.1) is 6.20 Å². The summed E-state index contributed by atoms with van der Waals surface area (Å²) in [5.41, 5.74) is 11.8. The van der Waals surface area contributed by atoms with E-state index in [1.54, 1.807) is 0 Å². The van der Waals surface area contributed by atoms with Gasteiger partial charge in [-0.1, -0.05) is 138 Å². The molecule has 0 spiro atoms. The quantitative estimate of drug-likeness (QED) is 0.293. The van der Waals surface area contributed by atoms with Crippen LogP contribution >= 0.6 is 0 Å². The molecule has 0 aromatic carbocycles. The molecule has 0 atom stereocenters. The topological polar surface area (TPSA) is 52.7 Å². The number of aromatic amines is 1. The summed E-state index contributed by atoms with van der Waals surface area (Å²) in [5, 5.41) is 14.1. The first-order chi connectivity index (χ1) is 18.0.